The number of nitrogens with zero attached hydrogens (tertiary/aromatic N) is 2. The van der Waals surface area contributed by atoms with Crippen molar-refractivity contribution in [3.63, 3.8) is 0 Å². The molecule has 6 nitrogen and oxygen atoms in total. The van der Waals surface area contributed by atoms with E-state index in [9.17, 15) is 8.42 Å². The van der Waals surface area contributed by atoms with Crippen molar-refractivity contribution in [2.75, 3.05) is 6.54 Å². The second-order valence-electron chi connectivity index (χ2n) is 8.38. The lowest BCUT2D eigenvalue weighted by Gasteiger charge is -2.21. The fourth-order valence-corrected chi connectivity index (χ4v) is 4.80. The lowest BCUT2D eigenvalue weighted by Crippen LogP contribution is -2.24. The molecule has 4 rings (SSSR count). The number of aromatic nitrogens is 2. The van der Waals surface area contributed by atoms with E-state index in [1.807, 2.05) is 22.9 Å². The first-order chi connectivity index (χ1) is 15.0. The van der Waals surface area contributed by atoms with Crippen molar-refractivity contribution >= 4 is 10.0 Å². The summed E-state index contributed by atoms with van der Waals surface area (Å²) in [6.45, 7) is 1.75. The minimum Gasteiger partial charge on any atom is -0.311 e. The molecule has 1 fully saturated rings. The Bertz CT molecular complexity index is 1090. The maximum atomic E-state index is 11.6. The summed E-state index contributed by atoms with van der Waals surface area (Å²) in [5.41, 5.74) is 4.06. The Balaban J connectivity index is 1.54. The van der Waals surface area contributed by atoms with Gasteiger partial charge < -0.3 is 5.32 Å². The number of nitrogens with two attached hydrogens (primary N) is 1. The molecule has 1 saturated carbocycles. The molecule has 3 aromatic rings. The SMILES string of the molecule is NS(=O)(=O)c1ccc(-n2nc(CNCC3CCCCC3)cc2Cc2ccccc2)cc1. The van der Waals surface area contributed by atoms with Gasteiger partial charge in [-0.25, -0.2) is 18.2 Å². The first-order valence-corrected chi connectivity index (χ1v) is 12.5. The maximum Gasteiger partial charge on any atom is 0.238 e. The largest absolute Gasteiger partial charge is 0.311 e. The predicted octanol–water partition coefficient (Wildman–Crippen LogP) is 3.78. The quantitative estimate of drug-likeness (QED) is 0.560. The first kappa shape index (κ1) is 21.7. The normalized spacial score (nSPS) is 15.3. The molecule has 0 radical (unpaired) electrons. The summed E-state index contributed by atoms with van der Waals surface area (Å²) in [7, 11) is -3.72. The Kier molecular flexibility index (Phi) is 6.85. The van der Waals surface area contributed by atoms with Gasteiger partial charge in [0.25, 0.3) is 0 Å². The van der Waals surface area contributed by atoms with Crippen molar-refractivity contribution in [3.05, 3.63) is 77.6 Å². The highest BCUT2D eigenvalue weighted by Gasteiger charge is 2.15. The van der Waals surface area contributed by atoms with Gasteiger partial charge in [-0.1, -0.05) is 49.6 Å². The number of hydrogen-bond donors (Lipinski definition) is 2. The van der Waals surface area contributed by atoms with Crippen LogP contribution in [0.25, 0.3) is 5.69 Å². The van der Waals surface area contributed by atoms with E-state index >= 15 is 0 Å². The van der Waals surface area contributed by atoms with Crippen molar-refractivity contribution in [1.82, 2.24) is 15.1 Å². The van der Waals surface area contributed by atoms with Crippen LogP contribution in [0.5, 0.6) is 0 Å². The minimum absolute atomic E-state index is 0.0994. The van der Waals surface area contributed by atoms with Gasteiger partial charge >= 0.3 is 0 Å². The molecule has 0 bridgehead atoms. The second-order valence-corrected chi connectivity index (χ2v) is 9.94. The van der Waals surface area contributed by atoms with Gasteiger partial charge in [0, 0.05) is 18.7 Å². The summed E-state index contributed by atoms with van der Waals surface area (Å²) in [6, 6.07) is 19.0. The van der Waals surface area contributed by atoms with Gasteiger partial charge in [0.05, 0.1) is 16.3 Å². The van der Waals surface area contributed by atoms with E-state index in [1.165, 1.54) is 49.8 Å². The minimum atomic E-state index is -3.72. The van der Waals surface area contributed by atoms with Crippen molar-refractivity contribution < 1.29 is 8.42 Å². The van der Waals surface area contributed by atoms with Crippen LogP contribution in [0.3, 0.4) is 0 Å². The van der Waals surface area contributed by atoms with Gasteiger partial charge in [-0.3, -0.25) is 0 Å². The number of hydrogen-bond acceptors (Lipinski definition) is 4. The van der Waals surface area contributed by atoms with Crippen LogP contribution in [-0.2, 0) is 23.0 Å². The molecular weight excluding hydrogens is 408 g/mol. The van der Waals surface area contributed by atoms with Crippen LogP contribution >= 0.6 is 0 Å². The van der Waals surface area contributed by atoms with Gasteiger partial charge in [-0.2, -0.15) is 5.10 Å². The summed E-state index contributed by atoms with van der Waals surface area (Å²) < 4.78 is 25.1. The van der Waals surface area contributed by atoms with Crippen LogP contribution in [0.2, 0.25) is 0 Å². The fraction of sp³-hybridized carbons (Fsp3) is 0.375. The predicted molar refractivity (Wildman–Crippen MR) is 122 cm³/mol. The summed E-state index contributed by atoms with van der Waals surface area (Å²) in [5.74, 6) is 0.769. The molecule has 0 aliphatic heterocycles. The molecular formula is C24H30N4O2S. The molecule has 0 saturated heterocycles. The lowest BCUT2D eigenvalue weighted by molar-refractivity contribution is 0.341. The van der Waals surface area contributed by atoms with Crippen molar-refractivity contribution in [1.29, 1.82) is 0 Å². The molecule has 1 heterocycles. The molecule has 1 aliphatic rings. The Labute approximate surface area is 184 Å². The average Bonchev–Trinajstić information content (AvgIpc) is 3.17. The average molecular weight is 439 g/mol. The molecule has 0 unspecified atom stereocenters. The summed E-state index contributed by atoms with van der Waals surface area (Å²) in [4.78, 5) is 0.0994. The van der Waals surface area contributed by atoms with Crippen LogP contribution in [0.1, 0.15) is 49.1 Å². The molecule has 31 heavy (non-hydrogen) atoms. The number of rotatable bonds is 8. The Hall–Kier alpha value is -2.48. The second kappa shape index (κ2) is 9.77. The first-order valence-electron chi connectivity index (χ1n) is 10.9. The third-order valence-electron chi connectivity index (χ3n) is 5.94. The van der Waals surface area contributed by atoms with Crippen LogP contribution in [-0.4, -0.2) is 24.7 Å². The standard InChI is InChI=1S/C24H30N4O2S/c25-31(29,30)24-13-11-22(12-14-24)28-23(15-19-7-3-1-4-8-19)16-21(27-28)18-26-17-20-9-5-2-6-10-20/h1,3-4,7-8,11-14,16,20,26H,2,5-6,9-10,15,17-18H2,(H2,25,29,30). The van der Waals surface area contributed by atoms with Crippen LogP contribution in [0, 0.1) is 5.92 Å². The Morgan fingerprint density at radius 1 is 1.00 bits per heavy atom. The number of nitrogens with one attached hydrogen (secondary N) is 1. The zero-order chi connectivity index (χ0) is 21.7. The summed E-state index contributed by atoms with van der Waals surface area (Å²) in [6.07, 6.45) is 7.43. The maximum absolute atomic E-state index is 11.6. The molecule has 164 valence electrons. The molecule has 3 N–H and O–H groups in total. The molecule has 7 heteroatoms. The van der Waals surface area contributed by atoms with E-state index in [0.717, 1.165) is 42.5 Å². The Morgan fingerprint density at radius 2 is 1.71 bits per heavy atom. The summed E-state index contributed by atoms with van der Waals surface area (Å²) in [5, 5.41) is 13.6. The molecule has 2 aromatic carbocycles. The van der Waals surface area contributed by atoms with E-state index in [4.69, 9.17) is 10.2 Å². The van der Waals surface area contributed by atoms with Crippen molar-refractivity contribution in [3.8, 4) is 5.69 Å². The Morgan fingerprint density at radius 3 is 2.39 bits per heavy atom. The molecule has 1 aliphatic carbocycles. The van der Waals surface area contributed by atoms with Gasteiger partial charge in [-0.15, -0.1) is 0 Å². The molecule has 1 aromatic heterocycles. The molecule has 0 atom stereocenters. The highest BCUT2D eigenvalue weighted by atomic mass is 32.2. The van der Waals surface area contributed by atoms with Crippen molar-refractivity contribution in [2.45, 2.75) is 50.0 Å². The third kappa shape index (κ3) is 5.81. The van der Waals surface area contributed by atoms with E-state index in [1.54, 1.807) is 12.1 Å². The van der Waals surface area contributed by atoms with E-state index in [0.29, 0.717) is 0 Å². The van der Waals surface area contributed by atoms with Crippen molar-refractivity contribution in [2.24, 2.45) is 11.1 Å². The fourth-order valence-electron chi connectivity index (χ4n) is 4.29. The number of benzene rings is 2. The number of sulfonamides is 1. The topological polar surface area (TPSA) is 90.0 Å². The third-order valence-corrected chi connectivity index (χ3v) is 6.86. The summed E-state index contributed by atoms with van der Waals surface area (Å²) >= 11 is 0. The number of primary sulfonamides is 1. The zero-order valence-electron chi connectivity index (χ0n) is 17.7. The van der Waals surface area contributed by atoms with Crippen LogP contribution < -0.4 is 10.5 Å². The van der Waals surface area contributed by atoms with Gasteiger partial charge in [0.2, 0.25) is 10.0 Å². The van der Waals surface area contributed by atoms with Gasteiger partial charge in [0.1, 0.15) is 0 Å². The zero-order valence-corrected chi connectivity index (χ0v) is 18.5. The lowest BCUT2D eigenvalue weighted by atomic mass is 9.89. The van der Waals surface area contributed by atoms with Gasteiger partial charge in [-0.05, 0) is 61.2 Å². The monoisotopic (exact) mass is 438 g/mol. The van der Waals surface area contributed by atoms with Crippen LogP contribution in [0.15, 0.2) is 65.6 Å². The van der Waals surface area contributed by atoms with E-state index in [-0.39, 0.29) is 4.90 Å². The van der Waals surface area contributed by atoms with Crippen LogP contribution in [0.4, 0.5) is 0 Å². The van der Waals surface area contributed by atoms with Gasteiger partial charge in [0.15, 0.2) is 0 Å². The highest BCUT2D eigenvalue weighted by molar-refractivity contribution is 7.89. The molecule has 0 amide bonds. The highest BCUT2D eigenvalue weighted by Crippen LogP contribution is 2.23. The van der Waals surface area contributed by atoms with E-state index < -0.39 is 10.0 Å². The molecule has 0 spiro atoms. The van der Waals surface area contributed by atoms with E-state index in [2.05, 4.69) is 23.5 Å². The smallest absolute Gasteiger partial charge is 0.238 e.